The number of benzene rings is 1. The number of hydrogen-bond donors (Lipinski definition) is 1. The zero-order valence-corrected chi connectivity index (χ0v) is 17.8. The van der Waals surface area contributed by atoms with Crippen LogP contribution < -0.4 is 5.32 Å². The van der Waals surface area contributed by atoms with Crippen molar-refractivity contribution in [3.05, 3.63) is 46.9 Å². The van der Waals surface area contributed by atoms with Crippen molar-refractivity contribution in [2.75, 3.05) is 18.4 Å². The van der Waals surface area contributed by atoms with Gasteiger partial charge in [-0.2, -0.15) is 4.31 Å². The molecule has 1 unspecified atom stereocenters. The minimum absolute atomic E-state index is 0.00231. The molecule has 0 radical (unpaired) electrons. The first-order valence-corrected chi connectivity index (χ1v) is 11.2. The van der Waals surface area contributed by atoms with Crippen molar-refractivity contribution >= 4 is 37.9 Å². The molecule has 1 aliphatic rings. The summed E-state index contributed by atoms with van der Waals surface area (Å²) in [5.74, 6) is -1.11. The average Bonchev–Trinajstić information content (AvgIpc) is 3.37. The number of furan rings is 1. The monoisotopic (exact) mass is 498 g/mol. The Morgan fingerprint density at radius 2 is 1.93 bits per heavy atom. The van der Waals surface area contributed by atoms with Crippen LogP contribution in [0.5, 0.6) is 0 Å². The predicted octanol–water partition coefficient (Wildman–Crippen LogP) is 3.27. The summed E-state index contributed by atoms with van der Waals surface area (Å²) in [7, 11) is -3.83. The molecule has 0 spiro atoms. The average molecular weight is 499 g/mol. The van der Waals surface area contributed by atoms with Gasteiger partial charge in [-0.1, -0.05) is 5.10 Å². The molecular formula is C18H16BrFN4O5S. The van der Waals surface area contributed by atoms with Gasteiger partial charge in [0.2, 0.25) is 15.9 Å². The highest BCUT2D eigenvalue weighted by atomic mass is 79.9. The van der Waals surface area contributed by atoms with Crippen molar-refractivity contribution in [3.63, 3.8) is 0 Å². The van der Waals surface area contributed by atoms with Gasteiger partial charge in [0.1, 0.15) is 5.82 Å². The summed E-state index contributed by atoms with van der Waals surface area (Å²) in [5.41, 5.74) is 0. The maximum absolute atomic E-state index is 13.1. The van der Waals surface area contributed by atoms with Crippen LogP contribution in [0.2, 0.25) is 0 Å². The smallest absolute Gasteiger partial charge is 0.322 e. The molecule has 1 saturated heterocycles. The molecule has 9 nitrogen and oxygen atoms in total. The molecule has 0 bridgehead atoms. The molecule has 4 rings (SSSR count). The summed E-state index contributed by atoms with van der Waals surface area (Å²) < 4.78 is 51.1. The molecule has 3 aromatic rings. The van der Waals surface area contributed by atoms with Gasteiger partial charge in [-0.3, -0.25) is 10.1 Å². The number of sulfonamides is 1. The summed E-state index contributed by atoms with van der Waals surface area (Å²) in [4.78, 5) is 12.6. The molecule has 1 atom stereocenters. The number of halogens is 2. The molecule has 3 heterocycles. The van der Waals surface area contributed by atoms with Gasteiger partial charge in [-0.15, -0.1) is 5.10 Å². The largest absolute Gasteiger partial charge is 0.444 e. The second-order valence-electron chi connectivity index (χ2n) is 6.66. The minimum atomic E-state index is -3.83. The zero-order chi connectivity index (χ0) is 21.3. The lowest BCUT2D eigenvalue weighted by Crippen LogP contribution is -2.43. The van der Waals surface area contributed by atoms with Crippen molar-refractivity contribution in [2.24, 2.45) is 5.92 Å². The highest BCUT2D eigenvalue weighted by molar-refractivity contribution is 9.10. The van der Waals surface area contributed by atoms with Crippen LogP contribution in [0, 0.1) is 11.7 Å². The maximum atomic E-state index is 13.1. The number of carbonyl (C=O) groups excluding carboxylic acids is 1. The van der Waals surface area contributed by atoms with Gasteiger partial charge in [0.15, 0.2) is 10.4 Å². The van der Waals surface area contributed by atoms with E-state index >= 15 is 0 Å². The molecular weight excluding hydrogens is 483 g/mol. The van der Waals surface area contributed by atoms with Crippen LogP contribution in [0.25, 0.3) is 11.7 Å². The number of amides is 1. The van der Waals surface area contributed by atoms with Gasteiger partial charge >= 0.3 is 6.01 Å². The number of carbonyl (C=O) groups is 1. The lowest BCUT2D eigenvalue weighted by Gasteiger charge is -2.30. The van der Waals surface area contributed by atoms with Crippen LogP contribution in [0.4, 0.5) is 10.4 Å². The van der Waals surface area contributed by atoms with Crippen LogP contribution in [-0.2, 0) is 14.8 Å². The number of hydrogen-bond acceptors (Lipinski definition) is 7. The van der Waals surface area contributed by atoms with Crippen molar-refractivity contribution in [1.82, 2.24) is 14.5 Å². The first-order chi connectivity index (χ1) is 14.3. The SMILES string of the molecule is O=C(Nc1nnc(-c2ccc(Br)o2)o1)C1CCCN(S(=O)(=O)c2ccc(F)cc2)C1. The first-order valence-electron chi connectivity index (χ1n) is 8.99. The Kier molecular flexibility index (Phi) is 5.71. The number of nitrogens with zero attached hydrogens (tertiary/aromatic N) is 3. The van der Waals surface area contributed by atoms with Crippen LogP contribution in [0.3, 0.4) is 0 Å². The van der Waals surface area contributed by atoms with Crippen molar-refractivity contribution in [1.29, 1.82) is 0 Å². The molecule has 1 amide bonds. The van der Waals surface area contributed by atoms with Crippen molar-refractivity contribution < 1.29 is 26.4 Å². The number of aromatic nitrogens is 2. The summed E-state index contributed by atoms with van der Waals surface area (Å²) in [6.07, 6.45) is 1.02. The Balaban J connectivity index is 1.44. The van der Waals surface area contributed by atoms with E-state index in [2.05, 4.69) is 31.4 Å². The van der Waals surface area contributed by atoms with Crippen molar-refractivity contribution in [2.45, 2.75) is 17.7 Å². The van der Waals surface area contributed by atoms with Crippen LogP contribution in [0.1, 0.15) is 12.8 Å². The van der Waals surface area contributed by atoms with Crippen LogP contribution >= 0.6 is 15.9 Å². The summed E-state index contributed by atoms with van der Waals surface area (Å²) in [5, 5.41) is 10.1. The first kappa shape index (κ1) is 20.7. The van der Waals surface area contributed by atoms with Gasteiger partial charge in [0, 0.05) is 13.1 Å². The highest BCUT2D eigenvalue weighted by Crippen LogP contribution is 2.27. The van der Waals surface area contributed by atoms with E-state index in [0.29, 0.717) is 23.3 Å². The number of rotatable bonds is 5. The summed E-state index contributed by atoms with van der Waals surface area (Å²) in [6.45, 7) is 0.277. The normalized spacial score (nSPS) is 17.7. The molecule has 1 aromatic carbocycles. The van der Waals surface area contributed by atoms with Gasteiger partial charge in [0.25, 0.3) is 5.89 Å². The Bertz CT molecular complexity index is 1160. The number of nitrogens with one attached hydrogen (secondary N) is 1. The highest BCUT2D eigenvalue weighted by Gasteiger charge is 2.34. The molecule has 0 saturated carbocycles. The lowest BCUT2D eigenvalue weighted by molar-refractivity contribution is -0.121. The lowest BCUT2D eigenvalue weighted by atomic mass is 9.99. The fraction of sp³-hybridized carbons (Fsp3) is 0.278. The van der Waals surface area contributed by atoms with E-state index in [0.717, 1.165) is 12.1 Å². The second kappa shape index (κ2) is 8.28. The fourth-order valence-electron chi connectivity index (χ4n) is 3.14. The Labute approximate surface area is 179 Å². The quantitative estimate of drug-likeness (QED) is 0.573. The zero-order valence-electron chi connectivity index (χ0n) is 15.4. The predicted molar refractivity (Wildman–Crippen MR) is 106 cm³/mol. The van der Waals surface area contributed by atoms with Crippen LogP contribution in [-0.4, -0.2) is 41.9 Å². The summed E-state index contributed by atoms with van der Waals surface area (Å²) in [6, 6.07) is 7.78. The molecule has 0 aliphatic carbocycles. The van der Waals surface area contributed by atoms with E-state index in [1.54, 1.807) is 12.1 Å². The minimum Gasteiger partial charge on any atom is -0.444 e. The van der Waals surface area contributed by atoms with Crippen LogP contribution in [0.15, 0.2) is 54.8 Å². The third kappa shape index (κ3) is 4.30. The van der Waals surface area contributed by atoms with Gasteiger partial charge in [-0.05, 0) is 65.2 Å². The van der Waals surface area contributed by atoms with Gasteiger partial charge < -0.3 is 8.83 Å². The number of piperidine rings is 1. The Morgan fingerprint density at radius 3 is 2.63 bits per heavy atom. The molecule has 12 heteroatoms. The van der Waals surface area contributed by atoms with E-state index < -0.39 is 27.7 Å². The standard InChI is InChI=1S/C18H16BrFN4O5S/c19-15-8-7-14(28-15)17-22-23-18(29-17)21-16(25)11-2-1-9-24(10-11)30(26,27)13-5-3-12(20)4-6-13/h3-8,11H,1-2,9-10H2,(H,21,23,25). The summed E-state index contributed by atoms with van der Waals surface area (Å²) >= 11 is 3.17. The molecule has 2 aromatic heterocycles. The molecule has 1 aliphatic heterocycles. The molecule has 1 N–H and O–H groups in total. The maximum Gasteiger partial charge on any atom is 0.322 e. The Hall–Kier alpha value is -2.57. The van der Waals surface area contributed by atoms with E-state index in [1.165, 1.54) is 16.4 Å². The van der Waals surface area contributed by atoms with E-state index in [4.69, 9.17) is 8.83 Å². The topological polar surface area (TPSA) is 119 Å². The second-order valence-corrected chi connectivity index (χ2v) is 9.38. The third-order valence-electron chi connectivity index (χ3n) is 4.65. The van der Waals surface area contributed by atoms with E-state index in [9.17, 15) is 17.6 Å². The van der Waals surface area contributed by atoms with E-state index in [-0.39, 0.29) is 29.9 Å². The van der Waals surface area contributed by atoms with E-state index in [1.807, 2.05) is 0 Å². The molecule has 1 fully saturated rings. The molecule has 158 valence electrons. The third-order valence-corrected chi connectivity index (χ3v) is 6.95. The van der Waals surface area contributed by atoms with Gasteiger partial charge in [-0.25, -0.2) is 12.8 Å². The Morgan fingerprint density at radius 1 is 1.17 bits per heavy atom. The van der Waals surface area contributed by atoms with Gasteiger partial charge in [0.05, 0.1) is 10.8 Å². The number of anilines is 1. The van der Waals surface area contributed by atoms with Crippen molar-refractivity contribution in [3.8, 4) is 11.7 Å². The fourth-order valence-corrected chi connectivity index (χ4v) is 4.97. The molecule has 30 heavy (non-hydrogen) atoms.